The lowest BCUT2D eigenvalue weighted by molar-refractivity contribution is -0.137. The Morgan fingerprint density at radius 2 is 2.35 bits per heavy atom. The smallest absolute Gasteiger partial charge is 0.303 e. The quantitative estimate of drug-likeness (QED) is 0.909. The molecule has 0 fully saturated rings. The molecule has 90 valence electrons. The third-order valence-electron chi connectivity index (χ3n) is 2.44. The molecule has 0 amide bonds. The van der Waals surface area contributed by atoms with E-state index in [9.17, 15) is 4.79 Å². The first-order valence-electron chi connectivity index (χ1n) is 5.31. The van der Waals surface area contributed by atoms with Crippen LogP contribution in [0.4, 0.5) is 0 Å². The van der Waals surface area contributed by atoms with Gasteiger partial charge >= 0.3 is 5.97 Å². The van der Waals surface area contributed by atoms with Gasteiger partial charge in [0.25, 0.3) is 0 Å². The molecule has 0 aliphatic heterocycles. The molecule has 0 bridgehead atoms. The van der Waals surface area contributed by atoms with E-state index >= 15 is 0 Å². The maximum atomic E-state index is 10.5. The molecule has 1 aromatic carbocycles. The molecule has 0 radical (unpaired) electrons. The lowest BCUT2D eigenvalue weighted by atomic mass is 10.0. The SMILES string of the molecule is CC(CC(=O)O)Cc1nc2ccc(Cl)cc2o1. The van der Waals surface area contributed by atoms with Gasteiger partial charge in [-0.05, 0) is 18.1 Å². The first-order valence-corrected chi connectivity index (χ1v) is 5.69. The Morgan fingerprint density at radius 3 is 3.06 bits per heavy atom. The van der Waals surface area contributed by atoms with Gasteiger partial charge < -0.3 is 9.52 Å². The molecule has 0 aliphatic rings. The number of oxazole rings is 1. The number of halogens is 1. The van der Waals surface area contributed by atoms with Crippen LogP contribution in [0.2, 0.25) is 5.02 Å². The van der Waals surface area contributed by atoms with Crippen molar-refractivity contribution < 1.29 is 14.3 Å². The Bertz CT molecular complexity index is 550. The highest BCUT2D eigenvalue weighted by atomic mass is 35.5. The van der Waals surface area contributed by atoms with Crippen LogP contribution in [0.25, 0.3) is 11.1 Å². The highest BCUT2D eigenvalue weighted by molar-refractivity contribution is 6.31. The van der Waals surface area contributed by atoms with Gasteiger partial charge in [0.05, 0.1) is 0 Å². The summed E-state index contributed by atoms with van der Waals surface area (Å²) in [5.41, 5.74) is 1.38. The molecule has 0 saturated carbocycles. The zero-order chi connectivity index (χ0) is 12.4. The average molecular weight is 254 g/mol. The van der Waals surface area contributed by atoms with Crippen LogP contribution < -0.4 is 0 Å². The Labute approximate surface area is 103 Å². The number of carboxylic acid groups (broad SMARTS) is 1. The Balaban J connectivity index is 2.16. The van der Waals surface area contributed by atoms with Crippen molar-refractivity contribution in [3.8, 4) is 0 Å². The number of rotatable bonds is 4. The number of hydrogen-bond donors (Lipinski definition) is 1. The van der Waals surface area contributed by atoms with Crippen LogP contribution in [0.15, 0.2) is 22.6 Å². The first kappa shape index (κ1) is 11.9. The summed E-state index contributed by atoms with van der Waals surface area (Å²) >= 11 is 5.84. The number of hydrogen-bond acceptors (Lipinski definition) is 3. The maximum absolute atomic E-state index is 10.5. The normalized spacial score (nSPS) is 12.8. The third kappa shape index (κ3) is 2.97. The van der Waals surface area contributed by atoms with E-state index in [0.717, 1.165) is 5.52 Å². The molecule has 0 aliphatic carbocycles. The Hall–Kier alpha value is -1.55. The van der Waals surface area contributed by atoms with E-state index in [4.69, 9.17) is 21.1 Å². The monoisotopic (exact) mass is 253 g/mol. The summed E-state index contributed by atoms with van der Waals surface area (Å²) in [7, 11) is 0. The average Bonchev–Trinajstić information content (AvgIpc) is 2.57. The number of carbonyl (C=O) groups is 1. The predicted molar refractivity (Wildman–Crippen MR) is 64.1 cm³/mol. The minimum Gasteiger partial charge on any atom is -0.481 e. The van der Waals surface area contributed by atoms with Crippen LogP contribution in [0.5, 0.6) is 0 Å². The second-order valence-electron chi connectivity index (χ2n) is 4.13. The summed E-state index contributed by atoms with van der Waals surface area (Å²) < 4.78 is 5.51. The van der Waals surface area contributed by atoms with E-state index in [1.807, 2.05) is 6.92 Å². The Morgan fingerprint density at radius 1 is 1.59 bits per heavy atom. The molecule has 5 heteroatoms. The predicted octanol–water partition coefficient (Wildman–Crippen LogP) is 3.13. The number of nitrogens with zero attached hydrogens (tertiary/aromatic N) is 1. The van der Waals surface area contributed by atoms with Gasteiger partial charge in [-0.25, -0.2) is 4.98 Å². The second kappa shape index (κ2) is 4.75. The van der Waals surface area contributed by atoms with Gasteiger partial charge in [0.2, 0.25) is 0 Å². The van der Waals surface area contributed by atoms with Crippen molar-refractivity contribution in [2.24, 2.45) is 5.92 Å². The summed E-state index contributed by atoms with van der Waals surface area (Å²) in [6, 6.07) is 5.23. The van der Waals surface area contributed by atoms with Crippen LogP contribution in [0.1, 0.15) is 19.2 Å². The molecule has 0 spiro atoms. The summed E-state index contributed by atoms with van der Waals surface area (Å²) in [4.78, 5) is 14.8. The fourth-order valence-corrected chi connectivity index (χ4v) is 1.86. The van der Waals surface area contributed by atoms with Gasteiger partial charge in [0, 0.05) is 23.9 Å². The minimum absolute atomic E-state index is 0.00367. The highest BCUT2D eigenvalue weighted by Crippen LogP contribution is 2.22. The molecule has 1 aromatic heterocycles. The van der Waals surface area contributed by atoms with E-state index in [1.54, 1.807) is 18.2 Å². The number of carboxylic acids is 1. The van der Waals surface area contributed by atoms with E-state index in [2.05, 4.69) is 4.98 Å². The van der Waals surface area contributed by atoms with E-state index in [0.29, 0.717) is 22.9 Å². The lowest BCUT2D eigenvalue weighted by Crippen LogP contribution is -2.07. The number of benzene rings is 1. The van der Waals surface area contributed by atoms with Crippen LogP contribution in [-0.2, 0) is 11.2 Å². The zero-order valence-electron chi connectivity index (χ0n) is 9.31. The van der Waals surface area contributed by atoms with Gasteiger partial charge in [-0.3, -0.25) is 4.79 Å². The van der Waals surface area contributed by atoms with Crippen molar-refractivity contribution in [1.82, 2.24) is 4.98 Å². The first-order chi connectivity index (χ1) is 8.04. The van der Waals surface area contributed by atoms with Gasteiger partial charge in [-0.2, -0.15) is 0 Å². The molecule has 1 N–H and O–H groups in total. The van der Waals surface area contributed by atoms with Crippen molar-refractivity contribution in [1.29, 1.82) is 0 Å². The highest BCUT2D eigenvalue weighted by Gasteiger charge is 2.13. The van der Waals surface area contributed by atoms with Crippen molar-refractivity contribution in [2.45, 2.75) is 19.8 Å². The topological polar surface area (TPSA) is 63.3 Å². The number of aliphatic carboxylic acids is 1. The molecule has 1 atom stereocenters. The molecule has 0 saturated heterocycles. The van der Waals surface area contributed by atoms with E-state index in [-0.39, 0.29) is 12.3 Å². The van der Waals surface area contributed by atoms with Crippen molar-refractivity contribution in [3.63, 3.8) is 0 Å². The summed E-state index contributed by atoms with van der Waals surface area (Å²) in [5, 5.41) is 9.27. The molecule has 17 heavy (non-hydrogen) atoms. The maximum Gasteiger partial charge on any atom is 0.303 e. The summed E-state index contributed by atoms with van der Waals surface area (Å²) in [5.74, 6) is -0.260. The molecule has 2 aromatic rings. The van der Waals surface area contributed by atoms with Gasteiger partial charge in [-0.1, -0.05) is 18.5 Å². The van der Waals surface area contributed by atoms with Crippen LogP contribution >= 0.6 is 11.6 Å². The lowest BCUT2D eigenvalue weighted by Gasteiger charge is -2.03. The van der Waals surface area contributed by atoms with Crippen molar-refractivity contribution in [2.75, 3.05) is 0 Å². The molecular weight excluding hydrogens is 242 g/mol. The zero-order valence-corrected chi connectivity index (χ0v) is 10.1. The number of fused-ring (bicyclic) bond motifs is 1. The van der Waals surface area contributed by atoms with Crippen molar-refractivity contribution in [3.05, 3.63) is 29.1 Å². The number of aromatic nitrogens is 1. The summed E-state index contributed by atoms with van der Waals surface area (Å²) in [6.45, 7) is 1.86. The summed E-state index contributed by atoms with van der Waals surface area (Å²) in [6.07, 6.45) is 0.623. The standard InChI is InChI=1S/C12H12ClNO3/c1-7(5-12(15)16)4-11-14-9-3-2-8(13)6-10(9)17-11/h2-3,6-7H,4-5H2,1H3,(H,15,16). The minimum atomic E-state index is -0.809. The molecule has 1 heterocycles. The van der Waals surface area contributed by atoms with Gasteiger partial charge in [0.15, 0.2) is 11.5 Å². The van der Waals surface area contributed by atoms with E-state index < -0.39 is 5.97 Å². The molecule has 2 rings (SSSR count). The fourth-order valence-electron chi connectivity index (χ4n) is 1.70. The van der Waals surface area contributed by atoms with Crippen LogP contribution in [0.3, 0.4) is 0 Å². The Kier molecular flexibility index (Phi) is 3.33. The third-order valence-corrected chi connectivity index (χ3v) is 2.68. The second-order valence-corrected chi connectivity index (χ2v) is 4.56. The van der Waals surface area contributed by atoms with Crippen LogP contribution in [-0.4, -0.2) is 16.1 Å². The van der Waals surface area contributed by atoms with Crippen LogP contribution in [0, 0.1) is 5.92 Å². The van der Waals surface area contributed by atoms with Crippen molar-refractivity contribution >= 4 is 28.7 Å². The molecule has 1 unspecified atom stereocenters. The van der Waals surface area contributed by atoms with Gasteiger partial charge in [-0.15, -0.1) is 0 Å². The largest absolute Gasteiger partial charge is 0.481 e. The molecule has 4 nitrogen and oxygen atoms in total. The fraction of sp³-hybridized carbons (Fsp3) is 0.333. The van der Waals surface area contributed by atoms with Gasteiger partial charge in [0.1, 0.15) is 5.52 Å². The van der Waals surface area contributed by atoms with E-state index in [1.165, 1.54) is 0 Å². The molecular formula is C12H12ClNO3.